The Morgan fingerprint density at radius 3 is 2.81 bits per heavy atom. The number of anilines is 1. The van der Waals surface area contributed by atoms with Crippen LogP contribution in [0.25, 0.3) is 0 Å². The van der Waals surface area contributed by atoms with Crippen LogP contribution in [-0.4, -0.2) is 45.8 Å². The van der Waals surface area contributed by atoms with Crippen molar-refractivity contribution >= 4 is 22.6 Å². The first-order chi connectivity index (χ1) is 13.1. The Balaban J connectivity index is 1.40. The molecule has 27 heavy (non-hydrogen) atoms. The summed E-state index contributed by atoms with van der Waals surface area (Å²) in [5, 5.41) is 0.851. The molecular weight excluding hydrogens is 367 g/mol. The predicted molar refractivity (Wildman–Crippen MR) is 101 cm³/mol. The number of furan rings is 1. The van der Waals surface area contributed by atoms with Crippen LogP contribution in [-0.2, 0) is 6.42 Å². The molecule has 0 bridgehead atoms. The molecule has 140 valence electrons. The molecule has 1 aromatic carbocycles. The van der Waals surface area contributed by atoms with E-state index < -0.39 is 0 Å². The highest BCUT2D eigenvalue weighted by Crippen LogP contribution is 2.23. The number of benzene rings is 1. The normalized spacial score (nSPS) is 17.3. The van der Waals surface area contributed by atoms with Crippen molar-refractivity contribution in [1.29, 1.82) is 0 Å². The van der Waals surface area contributed by atoms with Gasteiger partial charge in [0.05, 0.1) is 6.26 Å². The molecule has 4 rings (SSSR count). The second-order valence-electron chi connectivity index (χ2n) is 6.57. The van der Waals surface area contributed by atoms with Crippen LogP contribution in [0.2, 0.25) is 0 Å². The lowest BCUT2D eigenvalue weighted by atomic mass is 10.1. The van der Waals surface area contributed by atoms with Crippen molar-refractivity contribution in [2.45, 2.75) is 19.4 Å². The van der Waals surface area contributed by atoms with E-state index in [1.807, 2.05) is 11.8 Å². The van der Waals surface area contributed by atoms with Crippen LogP contribution in [0.1, 0.15) is 28.9 Å². The third kappa shape index (κ3) is 3.85. The molecule has 0 aliphatic carbocycles. The number of carbonyl (C=O) groups excluding carboxylic acids is 1. The van der Waals surface area contributed by atoms with Gasteiger partial charge in [-0.15, -0.1) is 0 Å². The average molecular weight is 386 g/mol. The smallest absolute Gasteiger partial charge is 0.289 e. The molecule has 1 aliphatic heterocycles. The molecule has 3 heterocycles. The maximum atomic E-state index is 13.0. The fourth-order valence-corrected chi connectivity index (χ4v) is 3.92. The van der Waals surface area contributed by atoms with E-state index in [-0.39, 0.29) is 17.8 Å². The van der Waals surface area contributed by atoms with Crippen LogP contribution in [0.4, 0.5) is 9.52 Å². The number of halogens is 1. The monoisotopic (exact) mass is 386 g/mol. The zero-order chi connectivity index (χ0) is 18.8. The summed E-state index contributed by atoms with van der Waals surface area (Å²) in [5.41, 5.74) is 0.975. The van der Waals surface area contributed by atoms with Crippen molar-refractivity contribution in [3.8, 4) is 0 Å². The Morgan fingerprint density at radius 1 is 1.30 bits per heavy atom. The van der Waals surface area contributed by atoms with Crippen LogP contribution in [0.5, 0.6) is 0 Å². The molecule has 0 spiro atoms. The van der Waals surface area contributed by atoms with E-state index in [0.717, 1.165) is 16.5 Å². The van der Waals surface area contributed by atoms with E-state index in [1.165, 1.54) is 29.9 Å². The molecule has 8 heteroatoms. The summed E-state index contributed by atoms with van der Waals surface area (Å²) in [6.07, 6.45) is 2.08. The van der Waals surface area contributed by atoms with Gasteiger partial charge in [-0.25, -0.2) is 9.37 Å². The topological polar surface area (TPSA) is 62.5 Å². The lowest BCUT2D eigenvalue weighted by Gasteiger charge is -2.39. The standard InChI is InChI=1S/C19H19FN4O2S/c1-13-12-23(8-9-24(13)18(25)16-3-2-10-26-16)19-21-17(22-27-19)11-14-4-6-15(20)7-5-14/h2-7,10,13H,8-9,11-12H2,1H3. The minimum Gasteiger partial charge on any atom is -0.459 e. The van der Waals surface area contributed by atoms with E-state index in [0.29, 0.717) is 31.8 Å². The summed E-state index contributed by atoms with van der Waals surface area (Å²) < 4.78 is 22.7. The number of aromatic nitrogens is 2. The third-order valence-corrected chi connectivity index (χ3v) is 5.44. The van der Waals surface area contributed by atoms with E-state index in [2.05, 4.69) is 14.3 Å². The summed E-state index contributed by atoms with van der Waals surface area (Å²) in [5.74, 6) is 0.763. The number of rotatable bonds is 4. The summed E-state index contributed by atoms with van der Waals surface area (Å²) >= 11 is 1.36. The Kier molecular flexibility index (Phi) is 4.89. The van der Waals surface area contributed by atoms with Crippen molar-refractivity contribution in [2.75, 3.05) is 24.5 Å². The molecule has 1 saturated heterocycles. The SMILES string of the molecule is CC1CN(c2nc(Cc3ccc(F)cc3)ns2)CCN1C(=O)c1ccco1. The summed E-state index contributed by atoms with van der Waals surface area (Å²) in [4.78, 5) is 21.1. The fraction of sp³-hybridized carbons (Fsp3) is 0.316. The number of hydrogen-bond acceptors (Lipinski definition) is 6. The van der Waals surface area contributed by atoms with Crippen molar-refractivity contribution < 1.29 is 13.6 Å². The molecule has 0 N–H and O–H groups in total. The van der Waals surface area contributed by atoms with Gasteiger partial charge in [-0.1, -0.05) is 12.1 Å². The maximum absolute atomic E-state index is 13.0. The Morgan fingerprint density at radius 2 is 2.11 bits per heavy atom. The molecule has 1 unspecified atom stereocenters. The van der Waals surface area contributed by atoms with Gasteiger partial charge in [0, 0.05) is 43.6 Å². The van der Waals surface area contributed by atoms with Crippen molar-refractivity contribution in [3.63, 3.8) is 0 Å². The second-order valence-corrected chi connectivity index (χ2v) is 7.30. The third-order valence-electron chi connectivity index (χ3n) is 4.62. The molecular formula is C19H19FN4O2S. The number of hydrogen-bond donors (Lipinski definition) is 0. The molecule has 1 fully saturated rings. The van der Waals surface area contributed by atoms with Gasteiger partial charge in [0.2, 0.25) is 5.13 Å². The van der Waals surface area contributed by atoms with Crippen molar-refractivity contribution in [3.05, 3.63) is 65.6 Å². The van der Waals surface area contributed by atoms with Crippen LogP contribution in [0.15, 0.2) is 47.1 Å². The maximum Gasteiger partial charge on any atom is 0.289 e. The largest absolute Gasteiger partial charge is 0.459 e. The van der Waals surface area contributed by atoms with E-state index >= 15 is 0 Å². The first-order valence-corrected chi connectivity index (χ1v) is 9.54. The number of nitrogens with zero attached hydrogens (tertiary/aromatic N) is 4. The molecule has 1 aliphatic rings. The van der Waals surface area contributed by atoms with Crippen LogP contribution in [0.3, 0.4) is 0 Å². The van der Waals surface area contributed by atoms with Gasteiger partial charge in [-0.3, -0.25) is 4.79 Å². The molecule has 1 amide bonds. The van der Waals surface area contributed by atoms with Gasteiger partial charge in [-0.2, -0.15) is 4.37 Å². The highest BCUT2D eigenvalue weighted by Gasteiger charge is 2.30. The van der Waals surface area contributed by atoms with Gasteiger partial charge < -0.3 is 14.2 Å². The Labute approximate surface area is 160 Å². The lowest BCUT2D eigenvalue weighted by molar-refractivity contribution is 0.0641. The summed E-state index contributed by atoms with van der Waals surface area (Å²) in [6, 6.07) is 9.83. The molecule has 3 aromatic rings. The minimum atomic E-state index is -0.248. The zero-order valence-corrected chi connectivity index (χ0v) is 15.7. The minimum absolute atomic E-state index is 0.0424. The van der Waals surface area contributed by atoms with Gasteiger partial charge in [0.25, 0.3) is 5.91 Å². The highest BCUT2D eigenvalue weighted by atomic mass is 32.1. The van der Waals surface area contributed by atoms with E-state index in [1.54, 1.807) is 24.3 Å². The van der Waals surface area contributed by atoms with Gasteiger partial charge in [-0.05, 0) is 36.8 Å². The molecule has 6 nitrogen and oxygen atoms in total. The molecule has 0 radical (unpaired) electrons. The average Bonchev–Trinajstić information content (AvgIpc) is 3.35. The lowest BCUT2D eigenvalue weighted by Crippen LogP contribution is -2.54. The fourth-order valence-electron chi connectivity index (χ4n) is 3.20. The van der Waals surface area contributed by atoms with Crippen molar-refractivity contribution in [1.82, 2.24) is 14.3 Å². The van der Waals surface area contributed by atoms with Gasteiger partial charge in [0.15, 0.2) is 5.76 Å². The van der Waals surface area contributed by atoms with Crippen LogP contribution < -0.4 is 4.90 Å². The number of carbonyl (C=O) groups is 1. The number of piperazine rings is 1. The van der Waals surface area contributed by atoms with Gasteiger partial charge in [0.1, 0.15) is 11.6 Å². The quantitative estimate of drug-likeness (QED) is 0.689. The van der Waals surface area contributed by atoms with E-state index in [9.17, 15) is 9.18 Å². The predicted octanol–water partition coefficient (Wildman–Crippen LogP) is 3.21. The van der Waals surface area contributed by atoms with Crippen LogP contribution in [0, 0.1) is 5.82 Å². The van der Waals surface area contributed by atoms with Gasteiger partial charge >= 0.3 is 0 Å². The molecule has 1 atom stereocenters. The Bertz CT molecular complexity index is 910. The second kappa shape index (κ2) is 7.48. The van der Waals surface area contributed by atoms with Crippen LogP contribution >= 0.6 is 11.5 Å². The summed E-state index contributed by atoms with van der Waals surface area (Å²) in [6.45, 7) is 4.01. The zero-order valence-electron chi connectivity index (χ0n) is 14.8. The highest BCUT2D eigenvalue weighted by molar-refractivity contribution is 7.09. The summed E-state index contributed by atoms with van der Waals surface area (Å²) in [7, 11) is 0. The molecule has 2 aromatic heterocycles. The Hall–Kier alpha value is -2.74. The molecule has 0 saturated carbocycles. The number of amides is 1. The first-order valence-electron chi connectivity index (χ1n) is 8.76. The van der Waals surface area contributed by atoms with E-state index in [4.69, 9.17) is 4.42 Å². The van der Waals surface area contributed by atoms with Crippen molar-refractivity contribution in [2.24, 2.45) is 0 Å². The first kappa shape index (κ1) is 17.7.